The third-order valence-corrected chi connectivity index (χ3v) is 6.54. The Kier molecular flexibility index (Phi) is 9.63. The number of carbonyl (C=O) groups is 2. The van der Waals surface area contributed by atoms with Crippen LogP contribution in [0.5, 0.6) is 0 Å². The lowest BCUT2D eigenvalue weighted by Crippen LogP contribution is -2.32. The lowest BCUT2D eigenvalue weighted by Gasteiger charge is -2.28. The van der Waals surface area contributed by atoms with Crippen LogP contribution < -0.4 is 0 Å². The highest BCUT2D eigenvalue weighted by Crippen LogP contribution is 2.30. The molecule has 3 unspecified atom stereocenters. The molecule has 2 heterocycles. The predicted molar refractivity (Wildman–Crippen MR) is 126 cm³/mol. The van der Waals surface area contributed by atoms with E-state index in [-0.39, 0.29) is 30.2 Å². The van der Waals surface area contributed by atoms with Gasteiger partial charge >= 0.3 is 5.97 Å². The molecule has 0 bridgehead atoms. The number of ketones is 1. The first-order chi connectivity index (χ1) is 14.6. The molecule has 172 valence electrons. The van der Waals surface area contributed by atoms with Crippen molar-refractivity contribution in [2.45, 2.75) is 73.3 Å². The van der Waals surface area contributed by atoms with Gasteiger partial charge in [-0.2, -0.15) is 0 Å². The van der Waals surface area contributed by atoms with Crippen LogP contribution in [0, 0.1) is 24.2 Å². The van der Waals surface area contributed by atoms with Gasteiger partial charge in [-0.25, -0.2) is 4.98 Å². The fraction of sp³-hybridized carbons (Fsp3) is 0.640. The quantitative estimate of drug-likeness (QED) is 0.425. The number of rotatable bonds is 2. The first kappa shape index (κ1) is 25.5. The molecule has 0 spiro atoms. The van der Waals surface area contributed by atoms with Crippen LogP contribution in [0.3, 0.4) is 0 Å². The molecular formula is C25H37NO4S. The number of hydrogen-bond acceptors (Lipinski definition) is 6. The molecule has 0 N–H and O–H groups in total. The van der Waals surface area contributed by atoms with Crippen molar-refractivity contribution >= 4 is 29.2 Å². The Morgan fingerprint density at radius 3 is 2.68 bits per heavy atom. The minimum atomic E-state index is -0.561. The Labute approximate surface area is 190 Å². The number of cyclic esters (lactones) is 1. The van der Waals surface area contributed by atoms with Gasteiger partial charge in [0.15, 0.2) is 0 Å². The van der Waals surface area contributed by atoms with Gasteiger partial charge in [-0.3, -0.25) is 9.59 Å². The average Bonchev–Trinajstić information content (AvgIpc) is 3.11. The number of aryl methyl sites for hydroxylation is 1. The van der Waals surface area contributed by atoms with Crippen LogP contribution in [0.4, 0.5) is 0 Å². The van der Waals surface area contributed by atoms with Crippen LogP contribution in [0.25, 0.3) is 6.08 Å². The van der Waals surface area contributed by atoms with Crippen molar-refractivity contribution in [1.82, 2.24) is 4.98 Å². The average molecular weight is 448 g/mol. The van der Waals surface area contributed by atoms with Crippen LogP contribution >= 0.6 is 11.3 Å². The topological polar surface area (TPSA) is 65.5 Å². The van der Waals surface area contributed by atoms with E-state index in [0.717, 1.165) is 22.7 Å². The van der Waals surface area contributed by atoms with E-state index in [1.165, 1.54) is 0 Å². The number of ether oxygens (including phenoxy) is 2. The standard InChI is InChI=1S/C25H37NO4S/c1-17-13-19(3)24(28)25(5,6)11-10-23(27)30-22(9-7-8-12-29-15-17)18(2)14-21-16-31-20(4)26-21/h7-8,14,16-17,19,22H,9-13,15H2,1-6H3. The van der Waals surface area contributed by atoms with Gasteiger partial charge in [0.05, 0.1) is 17.3 Å². The van der Waals surface area contributed by atoms with E-state index in [2.05, 4.69) is 11.9 Å². The van der Waals surface area contributed by atoms with Crippen molar-refractivity contribution in [2.24, 2.45) is 17.3 Å². The van der Waals surface area contributed by atoms with Crippen molar-refractivity contribution in [3.05, 3.63) is 33.8 Å². The van der Waals surface area contributed by atoms with E-state index in [4.69, 9.17) is 9.47 Å². The van der Waals surface area contributed by atoms with Crippen LogP contribution in [0.2, 0.25) is 0 Å². The summed E-state index contributed by atoms with van der Waals surface area (Å²) >= 11 is 1.59. The highest BCUT2D eigenvalue weighted by molar-refractivity contribution is 7.09. The minimum Gasteiger partial charge on any atom is -0.457 e. The van der Waals surface area contributed by atoms with Gasteiger partial charge in [0.1, 0.15) is 11.9 Å². The second-order valence-electron chi connectivity index (χ2n) is 9.39. The largest absolute Gasteiger partial charge is 0.457 e. The first-order valence-corrected chi connectivity index (χ1v) is 12.0. The second-order valence-corrected chi connectivity index (χ2v) is 10.5. The van der Waals surface area contributed by atoms with Crippen molar-refractivity contribution in [3.8, 4) is 0 Å². The van der Waals surface area contributed by atoms with E-state index in [1.807, 2.05) is 58.2 Å². The van der Waals surface area contributed by atoms with Gasteiger partial charge in [0, 0.05) is 36.2 Å². The Hall–Kier alpha value is -1.79. The molecular weight excluding hydrogens is 410 g/mol. The second kappa shape index (κ2) is 11.7. The van der Waals surface area contributed by atoms with Crippen molar-refractivity contribution in [3.63, 3.8) is 0 Å². The molecule has 1 aromatic heterocycles. The van der Waals surface area contributed by atoms with Crippen LogP contribution in [0.15, 0.2) is 23.1 Å². The Morgan fingerprint density at radius 2 is 2.00 bits per heavy atom. The Bertz CT molecular complexity index is 808. The maximum Gasteiger partial charge on any atom is 0.306 e. The van der Waals surface area contributed by atoms with Crippen molar-refractivity contribution in [1.29, 1.82) is 0 Å². The third kappa shape index (κ3) is 8.34. The van der Waals surface area contributed by atoms with Crippen molar-refractivity contribution in [2.75, 3.05) is 13.2 Å². The number of hydrogen-bond donors (Lipinski definition) is 0. The van der Waals surface area contributed by atoms with Crippen LogP contribution in [0.1, 0.15) is 71.0 Å². The third-order valence-electron chi connectivity index (χ3n) is 5.75. The molecule has 6 heteroatoms. The van der Waals surface area contributed by atoms with Crippen molar-refractivity contribution < 1.29 is 19.1 Å². The lowest BCUT2D eigenvalue weighted by atomic mass is 9.76. The summed E-state index contributed by atoms with van der Waals surface area (Å²) in [6.07, 6.45) is 7.67. The van der Waals surface area contributed by atoms with E-state index < -0.39 is 5.41 Å². The zero-order valence-electron chi connectivity index (χ0n) is 19.8. The molecule has 2 rings (SSSR count). The maximum absolute atomic E-state index is 13.0. The molecule has 31 heavy (non-hydrogen) atoms. The molecule has 0 saturated carbocycles. The van der Waals surface area contributed by atoms with E-state index >= 15 is 0 Å². The Morgan fingerprint density at radius 1 is 1.26 bits per heavy atom. The molecule has 0 saturated heterocycles. The fourth-order valence-corrected chi connectivity index (χ4v) is 4.50. The summed E-state index contributed by atoms with van der Waals surface area (Å²) in [5.41, 5.74) is 1.27. The monoisotopic (exact) mass is 447 g/mol. The van der Waals surface area contributed by atoms with E-state index in [0.29, 0.717) is 32.0 Å². The summed E-state index contributed by atoms with van der Waals surface area (Å²) < 4.78 is 11.6. The highest BCUT2D eigenvalue weighted by Gasteiger charge is 2.33. The number of carbonyl (C=O) groups excluding carboxylic acids is 2. The number of esters is 1. The molecule has 3 atom stereocenters. The van der Waals surface area contributed by atoms with Gasteiger partial charge in [-0.15, -0.1) is 11.3 Å². The summed E-state index contributed by atoms with van der Waals surface area (Å²) in [7, 11) is 0. The van der Waals surface area contributed by atoms with Gasteiger partial charge in [-0.05, 0) is 44.3 Å². The Balaban J connectivity index is 2.18. The number of aromatic nitrogens is 1. The highest BCUT2D eigenvalue weighted by atomic mass is 32.1. The van der Waals surface area contributed by atoms with E-state index in [1.54, 1.807) is 11.3 Å². The van der Waals surface area contributed by atoms with Gasteiger partial charge in [-0.1, -0.05) is 39.8 Å². The summed E-state index contributed by atoms with van der Waals surface area (Å²) in [6, 6.07) is 0. The van der Waals surface area contributed by atoms with E-state index in [9.17, 15) is 9.59 Å². The normalized spacial score (nSPS) is 27.2. The lowest BCUT2D eigenvalue weighted by molar-refractivity contribution is -0.148. The zero-order valence-corrected chi connectivity index (χ0v) is 20.6. The van der Waals surface area contributed by atoms with Crippen LogP contribution in [-0.4, -0.2) is 36.1 Å². The summed E-state index contributed by atoms with van der Waals surface area (Å²) in [5, 5.41) is 3.00. The molecule has 5 nitrogen and oxygen atoms in total. The minimum absolute atomic E-state index is 0.0624. The first-order valence-electron chi connectivity index (χ1n) is 11.2. The van der Waals surface area contributed by atoms with Gasteiger partial charge < -0.3 is 9.47 Å². The number of Topliss-reactive ketones (excluding diaryl/α,β-unsaturated/α-hetero) is 1. The molecule has 1 aliphatic rings. The maximum atomic E-state index is 13.0. The molecule has 0 aromatic carbocycles. The molecule has 1 aliphatic heterocycles. The van der Waals surface area contributed by atoms with Gasteiger partial charge in [0.2, 0.25) is 0 Å². The molecule has 0 radical (unpaired) electrons. The molecule has 0 amide bonds. The zero-order chi connectivity index (χ0) is 23.0. The number of thiazole rings is 1. The summed E-state index contributed by atoms with van der Waals surface area (Å²) in [5.74, 6) is 0.171. The number of nitrogens with zero attached hydrogens (tertiary/aromatic N) is 1. The fourth-order valence-electron chi connectivity index (χ4n) is 3.93. The SMILES string of the molecule is CC(=Cc1csc(C)n1)C1CC=CCOCC(C)CC(C)C(=O)C(C)(C)CCC(=O)O1. The summed E-state index contributed by atoms with van der Waals surface area (Å²) in [6.45, 7) is 13.0. The van der Waals surface area contributed by atoms with Gasteiger partial charge in [0.25, 0.3) is 0 Å². The summed E-state index contributed by atoms with van der Waals surface area (Å²) in [4.78, 5) is 30.1. The molecule has 0 fully saturated rings. The predicted octanol–water partition coefficient (Wildman–Crippen LogP) is 5.78. The molecule has 0 aliphatic carbocycles. The van der Waals surface area contributed by atoms with Crippen LogP contribution in [-0.2, 0) is 19.1 Å². The smallest absolute Gasteiger partial charge is 0.306 e. The molecule has 1 aromatic rings.